The zero-order valence-corrected chi connectivity index (χ0v) is 14.9. The average Bonchev–Trinajstić information content (AvgIpc) is 2.68. The second-order valence-electron chi connectivity index (χ2n) is 5.72. The molecule has 0 saturated heterocycles. The molecule has 2 aromatic rings. The van der Waals surface area contributed by atoms with Crippen LogP contribution in [-0.4, -0.2) is 19.6 Å². The molecule has 5 nitrogen and oxygen atoms in total. The standard InChI is InChI=1S/C21H23N3O2/c1-26-20-13-6-5-12-19(20)24-21(25)18(15-22)16-23-14-8-7-11-17-9-3-2-4-10-17/h2-6,9-10,12-13,16,23H,7-8,11,14H2,1H3,(H,24,25)/b18-16-. The lowest BCUT2D eigenvalue weighted by atomic mass is 10.1. The number of ether oxygens (including phenoxy) is 1. The number of hydrogen-bond donors (Lipinski definition) is 2. The average molecular weight is 349 g/mol. The molecule has 0 saturated carbocycles. The third-order valence-corrected chi connectivity index (χ3v) is 3.85. The van der Waals surface area contributed by atoms with Crippen LogP contribution in [0.25, 0.3) is 0 Å². The van der Waals surface area contributed by atoms with Crippen LogP contribution >= 0.6 is 0 Å². The van der Waals surface area contributed by atoms with E-state index in [1.54, 1.807) is 18.2 Å². The lowest BCUT2D eigenvalue weighted by molar-refractivity contribution is -0.112. The van der Waals surface area contributed by atoms with Crippen molar-refractivity contribution in [1.29, 1.82) is 5.26 Å². The van der Waals surface area contributed by atoms with E-state index in [1.807, 2.05) is 30.3 Å². The lowest BCUT2D eigenvalue weighted by Gasteiger charge is -2.09. The molecule has 0 aliphatic rings. The second kappa shape index (κ2) is 10.6. The monoisotopic (exact) mass is 349 g/mol. The predicted octanol–water partition coefficient (Wildman–Crippen LogP) is 3.65. The number of nitriles is 1. The van der Waals surface area contributed by atoms with Crippen molar-refractivity contribution in [2.75, 3.05) is 19.0 Å². The van der Waals surface area contributed by atoms with Crippen LogP contribution in [0.2, 0.25) is 0 Å². The van der Waals surface area contributed by atoms with Gasteiger partial charge in [0.05, 0.1) is 12.8 Å². The van der Waals surface area contributed by atoms with E-state index in [1.165, 1.54) is 18.9 Å². The minimum Gasteiger partial charge on any atom is -0.495 e. The summed E-state index contributed by atoms with van der Waals surface area (Å²) in [6, 6.07) is 19.3. The molecule has 0 aliphatic carbocycles. The summed E-state index contributed by atoms with van der Waals surface area (Å²) in [5.74, 6) is 0.0841. The van der Waals surface area contributed by atoms with Crippen molar-refractivity contribution in [2.45, 2.75) is 19.3 Å². The number of nitrogens with zero attached hydrogens (tertiary/aromatic N) is 1. The van der Waals surface area contributed by atoms with Gasteiger partial charge in [0.1, 0.15) is 17.4 Å². The summed E-state index contributed by atoms with van der Waals surface area (Å²) in [6.07, 6.45) is 4.48. The molecule has 134 valence electrons. The number of methoxy groups -OCH3 is 1. The first-order valence-corrected chi connectivity index (χ1v) is 8.56. The van der Waals surface area contributed by atoms with Gasteiger partial charge in [0.25, 0.3) is 5.91 Å². The van der Waals surface area contributed by atoms with Gasteiger partial charge in [-0.1, -0.05) is 42.5 Å². The van der Waals surface area contributed by atoms with E-state index in [4.69, 9.17) is 4.74 Å². The maximum absolute atomic E-state index is 12.2. The van der Waals surface area contributed by atoms with Gasteiger partial charge in [-0.05, 0) is 37.0 Å². The van der Waals surface area contributed by atoms with Crippen LogP contribution in [0.3, 0.4) is 0 Å². The van der Waals surface area contributed by atoms with E-state index >= 15 is 0 Å². The molecule has 0 bridgehead atoms. The molecule has 0 radical (unpaired) electrons. The number of rotatable bonds is 9. The van der Waals surface area contributed by atoms with Crippen LogP contribution in [0.15, 0.2) is 66.4 Å². The van der Waals surface area contributed by atoms with Gasteiger partial charge in [-0.15, -0.1) is 0 Å². The first-order chi connectivity index (χ1) is 12.7. The molecular weight excluding hydrogens is 326 g/mol. The Morgan fingerprint density at radius 3 is 2.58 bits per heavy atom. The van der Waals surface area contributed by atoms with Crippen LogP contribution in [0, 0.1) is 11.3 Å². The van der Waals surface area contributed by atoms with Gasteiger partial charge in [-0.2, -0.15) is 5.26 Å². The molecule has 2 rings (SSSR count). The summed E-state index contributed by atoms with van der Waals surface area (Å²) < 4.78 is 5.19. The van der Waals surface area contributed by atoms with Crippen LogP contribution < -0.4 is 15.4 Å². The van der Waals surface area contributed by atoms with E-state index in [-0.39, 0.29) is 5.57 Å². The fourth-order valence-electron chi connectivity index (χ4n) is 2.46. The van der Waals surface area contributed by atoms with Crippen molar-refractivity contribution in [3.63, 3.8) is 0 Å². The Kier molecular flexibility index (Phi) is 7.75. The zero-order chi connectivity index (χ0) is 18.6. The molecule has 0 aromatic heterocycles. The number of anilines is 1. The molecule has 2 aromatic carbocycles. The smallest absolute Gasteiger partial charge is 0.267 e. The maximum atomic E-state index is 12.2. The van der Waals surface area contributed by atoms with Crippen LogP contribution in [-0.2, 0) is 11.2 Å². The van der Waals surface area contributed by atoms with Crippen molar-refractivity contribution in [2.24, 2.45) is 0 Å². The number of benzene rings is 2. The fraction of sp³-hybridized carbons (Fsp3) is 0.238. The molecule has 0 aliphatic heterocycles. The highest BCUT2D eigenvalue weighted by Gasteiger charge is 2.11. The van der Waals surface area contributed by atoms with Gasteiger partial charge < -0.3 is 15.4 Å². The van der Waals surface area contributed by atoms with Crippen LogP contribution in [0.1, 0.15) is 18.4 Å². The molecule has 26 heavy (non-hydrogen) atoms. The zero-order valence-electron chi connectivity index (χ0n) is 14.9. The van der Waals surface area contributed by atoms with Crippen molar-refractivity contribution in [3.05, 3.63) is 71.9 Å². The van der Waals surface area contributed by atoms with Gasteiger partial charge in [0.15, 0.2) is 0 Å². The molecule has 0 unspecified atom stereocenters. The Hall–Kier alpha value is -3.26. The number of amides is 1. The highest BCUT2D eigenvalue weighted by atomic mass is 16.5. The van der Waals surface area contributed by atoms with E-state index in [0.29, 0.717) is 18.0 Å². The molecule has 0 spiro atoms. The number of nitrogens with one attached hydrogen (secondary N) is 2. The fourth-order valence-corrected chi connectivity index (χ4v) is 2.46. The number of para-hydroxylation sites is 2. The molecular formula is C21H23N3O2. The number of carbonyl (C=O) groups is 1. The molecule has 0 fully saturated rings. The van der Waals surface area contributed by atoms with E-state index in [0.717, 1.165) is 19.3 Å². The molecule has 2 N–H and O–H groups in total. The summed E-state index contributed by atoms with van der Waals surface area (Å²) in [7, 11) is 1.53. The summed E-state index contributed by atoms with van der Waals surface area (Å²) in [6.45, 7) is 0.708. The molecule has 5 heteroatoms. The third-order valence-electron chi connectivity index (χ3n) is 3.85. The number of aryl methyl sites for hydroxylation is 1. The Balaban J connectivity index is 1.78. The van der Waals surface area contributed by atoms with Gasteiger partial charge in [-0.3, -0.25) is 4.79 Å². The number of unbranched alkanes of at least 4 members (excludes halogenated alkanes) is 1. The summed E-state index contributed by atoms with van der Waals surface area (Å²) >= 11 is 0. The van der Waals surface area contributed by atoms with Crippen molar-refractivity contribution in [1.82, 2.24) is 5.32 Å². The van der Waals surface area contributed by atoms with E-state index in [9.17, 15) is 10.1 Å². The molecule has 1 amide bonds. The van der Waals surface area contributed by atoms with Gasteiger partial charge in [0.2, 0.25) is 0 Å². The summed E-state index contributed by atoms with van der Waals surface area (Å²) in [5.41, 5.74) is 1.87. The largest absolute Gasteiger partial charge is 0.495 e. The summed E-state index contributed by atoms with van der Waals surface area (Å²) in [5, 5.41) is 14.9. The van der Waals surface area contributed by atoms with Crippen LogP contribution in [0.5, 0.6) is 5.75 Å². The third kappa shape index (κ3) is 5.99. The Morgan fingerprint density at radius 2 is 1.85 bits per heavy atom. The number of carbonyl (C=O) groups excluding carboxylic acids is 1. The number of hydrogen-bond acceptors (Lipinski definition) is 4. The van der Waals surface area contributed by atoms with E-state index in [2.05, 4.69) is 22.8 Å². The van der Waals surface area contributed by atoms with Gasteiger partial charge in [-0.25, -0.2) is 0 Å². The highest BCUT2D eigenvalue weighted by molar-refractivity contribution is 6.07. The first kappa shape index (κ1) is 19.1. The highest BCUT2D eigenvalue weighted by Crippen LogP contribution is 2.23. The second-order valence-corrected chi connectivity index (χ2v) is 5.72. The van der Waals surface area contributed by atoms with Crippen molar-refractivity contribution < 1.29 is 9.53 Å². The quantitative estimate of drug-likeness (QED) is 0.412. The van der Waals surface area contributed by atoms with Crippen LogP contribution in [0.4, 0.5) is 5.69 Å². The van der Waals surface area contributed by atoms with Crippen molar-refractivity contribution >= 4 is 11.6 Å². The minimum absolute atomic E-state index is 0.0268. The minimum atomic E-state index is -0.464. The van der Waals surface area contributed by atoms with E-state index < -0.39 is 5.91 Å². The normalized spacial score (nSPS) is 10.7. The lowest BCUT2D eigenvalue weighted by Crippen LogP contribution is -2.17. The maximum Gasteiger partial charge on any atom is 0.267 e. The topological polar surface area (TPSA) is 74.1 Å². The van der Waals surface area contributed by atoms with Crippen molar-refractivity contribution in [3.8, 4) is 11.8 Å². The Morgan fingerprint density at radius 1 is 1.12 bits per heavy atom. The SMILES string of the molecule is COc1ccccc1NC(=O)/C(C#N)=C\NCCCCc1ccccc1. The molecule has 0 heterocycles. The van der Waals surface area contributed by atoms with Gasteiger partial charge in [0, 0.05) is 12.7 Å². The Labute approximate surface area is 154 Å². The predicted molar refractivity (Wildman–Crippen MR) is 103 cm³/mol. The molecule has 0 atom stereocenters. The summed E-state index contributed by atoms with van der Waals surface area (Å²) in [4.78, 5) is 12.2. The first-order valence-electron chi connectivity index (χ1n) is 8.56. The van der Waals surface area contributed by atoms with Gasteiger partial charge >= 0.3 is 0 Å². The Bertz CT molecular complexity index is 779.